The van der Waals surface area contributed by atoms with Gasteiger partial charge in [-0.05, 0) is 44.5 Å². The number of rotatable bonds is 4. The van der Waals surface area contributed by atoms with E-state index in [2.05, 4.69) is 22.2 Å². The quantitative estimate of drug-likeness (QED) is 0.579. The lowest BCUT2D eigenvalue weighted by Crippen LogP contribution is -2.22. The summed E-state index contributed by atoms with van der Waals surface area (Å²) in [7, 11) is -2.12. The van der Waals surface area contributed by atoms with Crippen molar-refractivity contribution in [2.24, 2.45) is 0 Å². The van der Waals surface area contributed by atoms with E-state index in [4.69, 9.17) is 5.73 Å². The predicted molar refractivity (Wildman–Crippen MR) is 77.5 cm³/mol. The first kappa shape index (κ1) is 13.9. The SMILES string of the molecule is CNS(=O)(=O)c1ccc(NC2CC=CCC2)cc1N. The summed E-state index contributed by atoms with van der Waals surface area (Å²) in [5.74, 6) is 0. The molecule has 19 heavy (non-hydrogen) atoms. The molecule has 0 saturated heterocycles. The zero-order valence-corrected chi connectivity index (χ0v) is 11.7. The summed E-state index contributed by atoms with van der Waals surface area (Å²) in [6.45, 7) is 0. The van der Waals surface area contributed by atoms with E-state index in [1.54, 1.807) is 12.1 Å². The van der Waals surface area contributed by atoms with Gasteiger partial charge < -0.3 is 11.1 Å². The Morgan fingerprint density at radius 2 is 2.11 bits per heavy atom. The van der Waals surface area contributed by atoms with Crippen molar-refractivity contribution >= 4 is 21.4 Å². The van der Waals surface area contributed by atoms with Crippen LogP contribution in [0.2, 0.25) is 0 Å². The summed E-state index contributed by atoms with van der Waals surface area (Å²) in [4.78, 5) is 0.115. The van der Waals surface area contributed by atoms with Gasteiger partial charge in [0.25, 0.3) is 0 Å². The number of benzene rings is 1. The lowest BCUT2D eigenvalue weighted by atomic mass is 10.0. The first-order chi connectivity index (χ1) is 9.03. The summed E-state index contributed by atoms with van der Waals surface area (Å²) in [5.41, 5.74) is 6.92. The van der Waals surface area contributed by atoms with Gasteiger partial charge in [-0.15, -0.1) is 0 Å². The highest BCUT2D eigenvalue weighted by atomic mass is 32.2. The van der Waals surface area contributed by atoms with Gasteiger partial charge in [-0.1, -0.05) is 12.2 Å². The van der Waals surface area contributed by atoms with E-state index in [1.165, 1.54) is 13.1 Å². The van der Waals surface area contributed by atoms with Crippen LogP contribution < -0.4 is 15.8 Å². The highest BCUT2D eigenvalue weighted by Crippen LogP contribution is 2.24. The molecule has 104 valence electrons. The van der Waals surface area contributed by atoms with Crippen molar-refractivity contribution < 1.29 is 8.42 Å². The molecule has 1 aromatic carbocycles. The largest absolute Gasteiger partial charge is 0.398 e. The zero-order valence-electron chi connectivity index (χ0n) is 10.9. The Balaban J connectivity index is 2.17. The molecular weight excluding hydrogens is 262 g/mol. The minimum absolute atomic E-state index is 0.115. The van der Waals surface area contributed by atoms with Crippen molar-refractivity contribution in [3.63, 3.8) is 0 Å². The molecule has 0 radical (unpaired) electrons. The minimum atomic E-state index is -3.49. The molecule has 1 atom stereocenters. The Hall–Kier alpha value is -1.53. The molecule has 1 aliphatic rings. The van der Waals surface area contributed by atoms with E-state index in [9.17, 15) is 8.42 Å². The molecule has 4 N–H and O–H groups in total. The third kappa shape index (κ3) is 3.27. The number of anilines is 2. The van der Waals surface area contributed by atoms with E-state index in [0.717, 1.165) is 24.9 Å². The van der Waals surface area contributed by atoms with Crippen molar-refractivity contribution in [3.05, 3.63) is 30.4 Å². The van der Waals surface area contributed by atoms with Crippen molar-refractivity contribution in [2.45, 2.75) is 30.2 Å². The number of nitrogen functional groups attached to an aromatic ring is 1. The van der Waals surface area contributed by atoms with Crippen LogP contribution in [0.3, 0.4) is 0 Å². The summed E-state index contributed by atoms with van der Waals surface area (Å²) in [6, 6.07) is 5.33. The Morgan fingerprint density at radius 3 is 2.68 bits per heavy atom. The third-order valence-electron chi connectivity index (χ3n) is 3.21. The van der Waals surface area contributed by atoms with Crippen LogP contribution in [-0.4, -0.2) is 21.5 Å². The second kappa shape index (κ2) is 5.63. The summed E-state index contributed by atoms with van der Waals surface area (Å²) in [6.07, 6.45) is 7.46. The van der Waals surface area contributed by atoms with Crippen LogP contribution in [0.1, 0.15) is 19.3 Å². The molecule has 0 bridgehead atoms. The van der Waals surface area contributed by atoms with Crippen LogP contribution in [-0.2, 0) is 10.0 Å². The smallest absolute Gasteiger partial charge is 0.242 e. The summed E-state index contributed by atoms with van der Waals surface area (Å²) < 4.78 is 25.7. The van der Waals surface area contributed by atoms with Gasteiger partial charge >= 0.3 is 0 Å². The van der Waals surface area contributed by atoms with Gasteiger partial charge in [0, 0.05) is 11.7 Å². The minimum Gasteiger partial charge on any atom is -0.398 e. The zero-order chi connectivity index (χ0) is 13.9. The third-order valence-corrected chi connectivity index (χ3v) is 4.70. The Morgan fingerprint density at radius 1 is 1.32 bits per heavy atom. The molecule has 6 heteroatoms. The highest BCUT2D eigenvalue weighted by molar-refractivity contribution is 7.89. The standard InChI is InChI=1S/C13H19N3O2S/c1-15-19(17,18)13-8-7-11(9-12(13)14)16-10-5-3-2-4-6-10/h2-3,7-10,15-16H,4-6,14H2,1H3. The number of sulfonamides is 1. The van der Waals surface area contributed by atoms with Gasteiger partial charge in [-0.2, -0.15) is 0 Å². The first-order valence-corrected chi connectivity index (χ1v) is 7.76. The molecule has 0 fully saturated rings. The molecule has 0 spiro atoms. The van der Waals surface area contributed by atoms with Gasteiger partial charge in [0.1, 0.15) is 4.90 Å². The predicted octanol–water partition coefficient (Wildman–Crippen LogP) is 1.70. The number of nitrogens with two attached hydrogens (primary N) is 1. The van der Waals surface area contributed by atoms with E-state index >= 15 is 0 Å². The molecule has 0 saturated carbocycles. The first-order valence-electron chi connectivity index (χ1n) is 6.27. The average Bonchev–Trinajstić information content (AvgIpc) is 2.39. The number of hydrogen-bond acceptors (Lipinski definition) is 4. The summed E-state index contributed by atoms with van der Waals surface area (Å²) >= 11 is 0. The molecule has 1 aromatic rings. The monoisotopic (exact) mass is 281 g/mol. The van der Waals surface area contributed by atoms with Gasteiger partial charge in [0.15, 0.2) is 0 Å². The van der Waals surface area contributed by atoms with E-state index < -0.39 is 10.0 Å². The van der Waals surface area contributed by atoms with E-state index in [0.29, 0.717) is 6.04 Å². The number of hydrogen-bond donors (Lipinski definition) is 3. The van der Waals surface area contributed by atoms with Crippen LogP contribution in [0.5, 0.6) is 0 Å². The fourth-order valence-corrected chi connectivity index (χ4v) is 2.99. The van der Waals surface area contributed by atoms with Crippen LogP contribution in [0.15, 0.2) is 35.2 Å². The van der Waals surface area contributed by atoms with Crippen LogP contribution in [0.25, 0.3) is 0 Å². The average molecular weight is 281 g/mol. The molecule has 2 rings (SSSR count). The normalized spacial score (nSPS) is 19.3. The number of nitrogens with one attached hydrogen (secondary N) is 2. The van der Waals surface area contributed by atoms with Crippen molar-refractivity contribution in [2.75, 3.05) is 18.1 Å². The molecule has 1 aliphatic carbocycles. The topological polar surface area (TPSA) is 84.2 Å². The van der Waals surface area contributed by atoms with Crippen molar-refractivity contribution in [1.82, 2.24) is 4.72 Å². The Kier molecular flexibility index (Phi) is 4.11. The van der Waals surface area contributed by atoms with Crippen LogP contribution in [0.4, 0.5) is 11.4 Å². The van der Waals surface area contributed by atoms with Crippen molar-refractivity contribution in [1.29, 1.82) is 0 Å². The molecule has 5 nitrogen and oxygen atoms in total. The number of allylic oxidation sites excluding steroid dienone is 1. The van der Waals surface area contributed by atoms with Gasteiger partial charge in [0.05, 0.1) is 5.69 Å². The molecule has 1 unspecified atom stereocenters. The Labute approximate surface area is 113 Å². The maximum Gasteiger partial charge on any atom is 0.242 e. The lowest BCUT2D eigenvalue weighted by Gasteiger charge is -2.21. The lowest BCUT2D eigenvalue weighted by molar-refractivity contribution is 0.588. The second-order valence-electron chi connectivity index (χ2n) is 4.59. The highest BCUT2D eigenvalue weighted by Gasteiger charge is 2.16. The molecule has 0 aromatic heterocycles. The maximum atomic E-state index is 11.7. The van der Waals surface area contributed by atoms with Crippen LogP contribution in [0, 0.1) is 0 Å². The van der Waals surface area contributed by atoms with Crippen molar-refractivity contribution in [3.8, 4) is 0 Å². The van der Waals surface area contributed by atoms with E-state index in [-0.39, 0.29) is 10.6 Å². The maximum absolute atomic E-state index is 11.7. The van der Waals surface area contributed by atoms with Gasteiger partial charge in [0.2, 0.25) is 10.0 Å². The van der Waals surface area contributed by atoms with Crippen LogP contribution >= 0.6 is 0 Å². The fraction of sp³-hybridized carbons (Fsp3) is 0.385. The second-order valence-corrected chi connectivity index (χ2v) is 6.44. The molecule has 0 heterocycles. The molecule has 0 aliphatic heterocycles. The van der Waals surface area contributed by atoms with Gasteiger partial charge in [-0.3, -0.25) is 0 Å². The molecule has 0 amide bonds. The Bertz CT molecular complexity index is 582. The van der Waals surface area contributed by atoms with E-state index in [1.807, 2.05) is 0 Å². The molecular formula is C13H19N3O2S. The fourth-order valence-electron chi connectivity index (χ4n) is 2.15. The van der Waals surface area contributed by atoms with Gasteiger partial charge in [-0.25, -0.2) is 13.1 Å². The summed E-state index contributed by atoms with van der Waals surface area (Å²) in [5, 5.41) is 3.37.